The van der Waals surface area contributed by atoms with E-state index in [0.29, 0.717) is 29.9 Å². The fraction of sp³-hybridized carbons (Fsp3) is 0.375. The molecule has 0 amide bonds. The Morgan fingerprint density at radius 2 is 1.50 bits per heavy atom. The first-order valence-electron chi connectivity index (χ1n) is 13.4. The molecule has 1 heterocycles. The molecule has 3 aromatic carbocycles. The Kier molecular flexibility index (Phi) is 9.62. The van der Waals surface area contributed by atoms with Gasteiger partial charge in [0.1, 0.15) is 0 Å². The van der Waals surface area contributed by atoms with Crippen LogP contribution in [0.25, 0.3) is 22.3 Å². The Hall–Kier alpha value is -3.12. The summed E-state index contributed by atoms with van der Waals surface area (Å²) < 4.78 is 70.8. The van der Waals surface area contributed by atoms with Crippen LogP contribution in [0.3, 0.4) is 0 Å². The van der Waals surface area contributed by atoms with Crippen LogP contribution in [0.4, 0.5) is 17.6 Å². The van der Waals surface area contributed by atoms with Crippen LogP contribution in [0, 0.1) is 23.3 Å². The highest BCUT2D eigenvalue weighted by atomic mass is 19.2. The number of hydrogen-bond acceptors (Lipinski definition) is 2. The number of halogens is 4. The molecule has 0 N–H and O–H groups in total. The predicted octanol–water partition coefficient (Wildman–Crippen LogP) is 9.37. The summed E-state index contributed by atoms with van der Waals surface area (Å²) >= 11 is 0. The van der Waals surface area contributed by atoms with Crippen molar-refractivity contribution in [2.24, 2.45) is 0 Å². The minimum absolute atomic E-state index is 0.0696. The van der Waals surface area contributed by atoms with Crippen LogP contribution >= 0.6 is 0 Å². The number of allylic oxidation sites excluding steroid dienone is 2. The van der Waals surface area contributed by atoms with Gasteiger partial charge >= 0.3 is 0 Å². The van der Waals surface area contributed by atoms with Gasteiger partial charge in [0.2, 0.25) is 5.82 Å². The normalized spacial score (nSPS) is 17.7. The molecule has 0 bridgehead atoms. The first-order chi connectivity index (χ1) is 18.4. The first kappa shape index (κ1) is 27.9. The third-order valence-electron chi connectivity index (χ3n) is 7.12. The van der Waals surface area contributed by atoms with Crippen LogP contribution in [0.15, 0.2) is 60.7 Å². The molecule has 0 spiro atoms. The van der Waals surface area contributed by atoms with Crippen molar-refractivity contribution >= 4 is 0 Å². The van der Waals surface area contributed by atoms with Gasteiger partial charge in [-0.05, 0) is 67.9 Å². The van der Waals surface area contributed by atoms with E-state index in [1.807, 2.05) is 19.9 Å². The average molecular weight is 527 g/mol. The van der Waals surface area contributed by atoms with E-state index in [4.69, 9.17) is 9.47 Å². The molecule has 1 saturated heterocycles. The number of benzene rings is 3. The van der Waals surface area contributed by atoms with Gasteiger partial charge in [0.25, 0.3) is 0 Å². The van der Waals surface area contributed by atoms with Gasteiger partial charge in [-0.1, -0.05) is 61.9 Å². The summed E-state index contributed by atoms with van der Waals surface area (Å²) in [6.45, 7) is 4.65. The summed E-state index contributed by atoms with van der Waals surface area (Å²) in [6, 6.07) is 12.4. The van der Waals surface area contributed by atoms with Crippen LogP contribution in [0.2, 0.25) is 0 Å². The van der Waals surface area contributed by atoms with E-state index in [-0.39, 0.29) is 28.9 Å². The van der Waals surface area contributed by atoms with Crippen molar-refractivity contribution in [2.75, 3.05) is 13.2 Å². The minimum atomic E-state index is -1.04. The molecule has 0 aromatic heterocycles. The van der Waals surface area contributed by atoms with Crippen molar-refractivity contribution in [3.63, 3.8) is 0 Å². The van der Waals surface area contributed by atoms with E-state index in [1.165, 1.54) is 12.1 Å². The van der Waals surface area contributed by atoms with Crippen molar-refractivity contribution in [1.29, 1.82) is 0 Å². The van der Waals surface area contributed by atoms with Crippen molar-refractivity contribution in [3.8, 4) is 28.0 Å². The second kappa shape index (κ2) is 13.1. The van der Waals surface area contributed by atoms with E-state index in [9.17, 15) is 8.78 Å². The molecule has 2 unspecified atom stereocenters. The van der Waals surface area contributed by atoms with Crippen molar-refractivity contribution in [3.05, 3.63) is 89.5 Å². The maximum Gasteiger partial charge on any atom is 0.201 e. The predicted molar refractivity (Wildman–Crippen MR) is 143 cm³/mol. The zero-order valence-electron chi connectivity index (χ0n) is 21.9. The van der Waals surface area contributed by atoms with Crippen LogP contribution in [-0.2, 0) is 4.74 Å². The second-order valence-electron chi connectivity index (χ2n) is 9.72. The summed E-state index contributed by atoms with van der Waals surface area (Å²) in [7, 11) is 0. The summed E-state index contributed by atoms with van der Waals surface area (Å²) in [6.07, 6.45) is 9.33. The first-order valence-corrected chi connectivity index (χ1v) is 13.4. The van der Waals surface area contributed by atoms with Gasteiger partial charge in [-0.2, -0.15) is 4.39 Å². The lowest BCUT2D eigenvalue weighted by Crippen LogP contribution is -2.25. The summed E-state index contributed by atoms with van der Waals surface area (Å²) in [4.78, 5) is 0. The quantitative estimate of drug-likeness (QED) is 0.149. The summed E-state index contributed by atoms with van der Waals surface area (Å²) in [5.74, 6) is -4.14. The molecule has 0 aliphatic carbocycles. The molecule has 1 aliphatic rings. The maximum atomic E-state index is 15.2. The highest BCUT2D eigenvalue weighted by molar-refractivity contribution is 5.72. The molecule has 2 nitrogen and oxygen atoms in total. The Bertz CT molecular complexity index is 1250. The third-order valence-corrected chi connectivity index (χ3v) is 7.12. The van der Waals surface area contributed by atoms with E-state index in [2.05, 4.69) is 6.08 Å². The molecular formula is C32H34F4O2. The Labute approximate surface area is 222 Å². The van der Waals surface area contributed by atoms with Gasteiger partial charge in [0.15, 0.2) is 23.2 Å². The smallest absolute Gasteiger partial charge is 0.201 e. The third kappa shape index (κ3) is 6.29. The molecule has 4 rings (SSSR count). The fourth-order valence-electron chi connectivity index (χ4n) is 4.85. The van der Waals surface area contributed by atoms with Gasteiger partial charge in [-0.3, -0.25) is 0 Å². The summed E-state index contributed by atoms with van der Waals surface area (Å²) in [5.41, 5.74) is 1.38. The molecule has 0 radical (unpaired) electrons. The van der Waals surface area contributed by atoms with E-state index in [1.54, 1.807) is 36.4 Å². The zero-order valence-corrected chi connectivity index (χ0v) is 21.9. The van der Waals surface area contributed by atoms with Crippen molar-refractivity contribution in [2.45, 2.75) is 64.4 Å². The zero-order chi connectivity index (χ0) is 27.1. The lowest BCUT2D eigenvalue weighted by Gasteiger charge is -2.29. The lowest BCUT2D eigenvalue weighted by molar-refractivity contribution is -0.000894. The van der Waals surface area contributed by atoms with Gasteiger partial charge in [-0.15, -0.1) is 0 Å². The van der Waals surface area contributed by atoms with Crippen molar-refractivity contribution < 1.29 is 27.0 Å². The standard InChI is InChI=1S/C32H34F4O2/c1-3-5-7-8-24-14-13-23(20-38-24)27-16-15-25(29(33)30(27)34)21-9-11-22(12-10-21)26-17-18-28(32(36)31(26)35)37-19-6-4-2/h3,5,9-12,15-18,23-24H,4,6-8,13-14,19-20H2,1-2H3/b5-3+. The molecule has 3 aromatic rings. The van der Waals surface area contributed by atoms with Crippen LogP contribution in [0.1, 0.15) is 63.9 Å². The Morgan fingerprint density at radius 3 is 2.11 bits per heavy atom. The molecule has 0 saturated carbocycles. The number of rotatable bonds is 10. The molecule has 1 aliphatic heterocycles. The van der Waals surface area contributed by atoms with E-state index < -0.39 is 23.3 Å². The van der Waals surface area contributed by atoms with Gasteiger partial charge in [0, 0.05) is 17.0 Å². The van der Waals surface area contributed by atoms with Crippen LogP contribution < -0.4 is 4.74 Å². The average Bonchev–Trinajstić information content (AvgIpc) is 2.94. The molecule has 38 heavy (non-hydrogen) atoms. The van der Waals surface area contributed by atoms with Gasteiger partial charge in [0.05, 0.1) is 19.3 Å². The Morgan fingerprint density at radius 1 is 0.842 bits per heavy atom. The van der Waals surface area contributed by atoms with Crippen LogP contribution in [0.5, 0.6) is 5.75 Å². The van der Waals surface area contributed by atoms with Gasteiger partial charge in [-0.25, -0.2) is 13.2 Å². The fourth-order valence-corrected chi connectivity index (χ4v) is 4.85. The largest absolute Gasteiger partial charge is 0.490 e. The molecular weight excluding hydrogens is 492 g/mol. The topological polar surface area (TPSA) is 18.5 Å². The SMILES string of the molecule is C/C=C/CCC1CCC(c2ccc(-c3ccc(-c4ccc(OCCCC)c(F)c4F)cc3)c(F)c2F)CO1. The number of ether oxygens (including phenoxy) is 2. The van der Waals surface area contributed by atoms with E-state index >= 15 is 8.78 Å². The number of hydrogen-bond donors (Lipinski definition) is 0. The monoisotopic (exact) mass is 526 g/mol. The molecule has 6 heteroatoms. The molecule has 1 fully saturated rings. The van der Waals surface area contributed by atoms with Crippen LogP contribution in [-0.4, -0.2) is 19.3 Å². The molecule has 202 valence electrons. The lowest BCUT2D eigenvalue weighted by atomic mass is 9.88. The highest BCUT2D eigenvalue weighted by Gasteiger charge is 2.27. The second-order valence-corrected chi connectivity index (χ2v) is 9.72. The molecule has 2 atom stereocenters. The highest BCUT2D eigenvalue weighted by Crippen LogP contribution is 2.36. The van der Waals surface area contributed by atoms with E-state index in [0.717, 1.165) is 38.5 Å². The van der Waals surface area contributed by atoms with Gasteiger partial charge < -0.3 is 9.47 Å². The maximum absolute atomic E-state index is 15.2. The minimum Gasteiger partial charge on any atom is -0.490 e. The van der Waals surface area contributed by atoms with Crippen molar-refractivity contribution in [1.82, 2.24) is 0 Å². The number of unbranched alkanes of at least 4 members (excludes halogenated alkanes) is 1. The summed E-state index contributed by atoms with van der Waals surface area (Å²) in [5, 5.41) is 0. The Balaban J connectivity index is 1.48.